The maximum Gasteiger partial charge on any atom is 0.238 e. The SMILES string of the molecule is c1ccc(-c2ccc(-c3nc(-n4c5ccccc5c5c6ccccc6c6c7ccccc7sc6c54)nc4oc5ccccc5c34)c3ccccc23)cc1. The summed E-state index contributed by atoms with van der Waals surface area (Å²) in [6.07, 6.45) is 0. The second-order valence-electron chi connectivity index (χ2n) is 13.6. The van der Waals surface area contributed by atoms with Crippen LogP contribution in [0.25, 0.3) is 114 Å². The normalized spacial score (nSPS) is 12.2. The minimum Gasteiger partial charge on any atom is -0.437 e. The zero-order chi connectivity index (χ0) is 34.6. The lowest BCUT2D eigenvalue weighted by atomic mass is 9.93. The van der Waals surface area contributed by atoms with Crippen molar-refractivity contribution < 1.29 is 4.42 Å². The smallest absolute Gasteiger partial charge is 0.238 e. The largest absolute Gasteiger partial charge is 0.437 e. The van der Waals surface area contributed by atoms with Crippen LogP contribution >= 0.6 is 11.3 Å². The number of benzene rings is 8. The fraction of sp³-hybridized carbons (Fsp3) is 0. The predicted octanol–water partition coefficient (Wildman–Crippen LogP) is 13.5. The zero-order valence-electron chi connectivity index (χ0n) is 28.2. The highest BCUT2D eigenvalue weighted by Crippen LogP contribution is 2.48. The molecule has 0 radical (unpaired) electrons. The second kappa shape index (κ2) is 10.8. The van der Waals surface area contributed by atoms with Crippen LogP contribution in [-0.4, -0.2) is 14.5 Å². The van der Waals surface area contributed by atoms with Crippen LogP contribution in [0.4, 0.5) is 0 Å². The summed E-state index contributed by atoms with van der Waals surface area (Å²) in [5.41, 5.74) is 7.80. The Morgan fingerprint density at radius 3 is 1.87 bits per heavy atom. The summed E-state index contributed by atoms with van der Waals surface area (Å²) in [5.74, 6) is 0.586. The molecule has 4 nitrogen and oxygen atoms in total. The number of furan rings is 1. The molecule has 0 aliphatic rings. The quantitative estimate of drug-likeness (QED) is 0.185. The number of aromatic nitrogens is 3. The van der Waals surface area contributed by atoms with E-state index in [1.165, 1.54) is 58.2 Å². The van der Waals surface area contributed by atoms with E-state index in [0.717, 1.165) is 44.0 Å². The molecule has 53 heavy (non-hydrogen) atoms. The molecule has 4 aromatic heterocycles. The van der Waals surface area contributed by atoms with E-state index in [9.17, 15) is 0 Å². The van der Waals surface area contributed by atoms with Gasteiger partial charge in [-0.05, 0) is 50.9 Å². The fourth-order valence-corrected chi connectivity index (χ4v) is 9.87. The number of hydrogen-bond donors (Lipinski definition) is 0. The molecule has 0 unspecified atom stereocenters. The Labute approximate surface area is 306 Å². The highest BCUT2D eigenvalue weighted by molar-refractivity contribution is 7.27. The topological polar surface area (TPSA) is 43.9 Å². The van der Waals surface area contributed by atoms with Crippen molar-refractivity contribution in [2.75, 3.05) is 0 Å². The van der Waals surface area contributed by atoms with Gasteiger partial charge in [-0.25, -0.2) is 4.98 Å². The van der Waals surface area contributed by atoms with Crippen molar-refractivity contribution in [1.29, 1.82) is 0 Å². The number of nitrogens with zero attached hydrogens (tertiary/aromatic N) is 3. The molecule has 0 saturated heterocycles. The third-order valence-corrected chi connectivity index (χ3v) is 12.0. The molecule has 12 aromatic rings. The molecule has 0 amide bonds. The van der Waals surface area contributed by atoms with Crippen LogP contribution in [0.1, 0.15) is 0 Å². The molecule has 8 aromatic carbocycles. The first kappa shape index (κ1) is 28.8. The highest BCUT2D eigenvalue weighted by Gasteiger charge is 2.25. The van der Waals surface area contributed by atoms with Crippen molar-refractivity contribution in [3.63, 3.8) is 0 Å². The van der Waals surface area contributed by atoms with Crippen LogP contribution in [0.5, 0.6) is 0 Å². The van der Waals surface area contributed by atoms with Crippen molar-refractivity contribution >= 4 is 96.9 Å². The first-order valence-corrected chi connectivity index (χ1v) is 18.7. The molecule has 4 heterocycles. The van der Waals surface area contributed by atoms with E-state index < -0.39 is 0 Å². The van der Waals surface area contributed by atoms with Crippen LogP contribution < -0.4 is 0 Å². The summed E-state index contributed by atoms with van der Waals surface area (Å²) in [6.45, 7) is 0. The lowest BCUT2D eigenvalue weighted by molar-refractivity contribution is 0.651. The average Bonchev–Trinajstić information content (AvgIpc) is 3.91. The number of fused-ring (bicyclic) bond motifs is 14. The van der Waals surface area contributed by atoms with Crippen LogP contribution in [0.15, 0.2) is 168 Å². The summed E-state index contributed by atoms with van der Waals surface area (Å²) < 4.78 is 11.4. The Morgan fingerprint density at radius 2 is 1.06 bits per heavy atom. The Kier molecular flexibility index (Phi) is 5.90. The van der Waals surface area contributed by atoms with E-state index >= 15 is 0 Å². The van der Waals surface area contributed by atoms with Crippen molar-refractivity contribution in [2.24, 2.45) is 0 Å². The van der Waals surface area contributed by atoms with Gasteiger partial charge in [0.05, 0.1) is 26.8 Å². The summed E-state index contributed by atoms with van der Waals surface area (Å²) in [4.78, 5) is 10.9. The molecule has 0 aliphatic carbocycles. The van der Waals surface area contributed by atoms with Gasteiger partial charge in [-0.15, -0.1) is 11.3 Å². The third kappa shape index (κ3) is 4.00. The fourth-order valence-electron chi connectivity index (χ4n) is 8.62. The van der Waals surface area contributed by atoms with E-state index in [1.807, 2.05) is 23.5 Å². The summed E-state index contributed by atoms with van der Waals surface area (Å²) >= 11 is 1.84. The lowest BCUT2D eigenvalue weighted by Crippen LogP contribution is -2.03. The van der Waals surface area contributed by atoms with Gasteiger partial charge in [0.15, 0.2) is 0 Å². The van der Waals surface area contributed by atoms with Crippen molar-refractivity contribution in [3.05, 3.63) is 164 Å². The molecular formula is C48H27N3OS. The van der Waals surface area contributed by atoms with Gasteiger partial charge in [-0.1, -0.05) is 146 Å². The van der Waals surface area contributed by atoms with Gasteiger partial charge in [0.25, 0.3) is 0 Å². The van der Waals surface area contributed by atoms with Crippen molar-refractivity contribution in [3.8, 4) is 28.3 Å². The molecule has 0 N–H and O–H groups in total. The molecule has 0 spiro atoms. The van der Waals surface area contributed by atoms with Gasteiger partial charge < -0.3 is 4.42 Å². The van der Waals surface area contributed by atoms with E-state index in [0.29, 0.717) is 11.7 Å². The predicted molar refractivity (Wildman–Crippen MR) is 222 cm³/mol. The maximum absolute atomic E-state index is 6.63. The molecule has 5 heteroatoms. The molecule has 0 saturated carbocycles. The highest BCUT2D eigenvalue weighted by atomic mass is 32.1. The first-order valence-electron chi connectivity index (χ1n) is 17.8. The van der Waals surface area contributed by atoms with Crippen LogP contribution in [0, 0.1) is 0 Å². The Hall–Kier alpha value is -6.82. The number of para-hydroxylation sites is 2. The molecule has 0 fully saturated rings. The summed E-state index contributed by atoms with van der Waals surface area (Å²) in [7, 11) is 0. The van der Waals surface area contributed by atoms with E-state index in [1.54, 1.807) is 0 Å². The van der Waals surface area contributed by atoms with Gasteiger partial charge in [0.1, 0.15) is 5.58 Å². The first-order chi connectivity index (χ1) is 26.3. The second-order valence-corrected chi connectivity index (χ2v) is 14.7. The van der Waals surface area contributed by atoms with E-state index in [2.05, 4.69) is 156 Å². The monoisotopic (exact) mass is 693 g/mol. The summed E-state index contributed by atoms with van der Waals surface area (Å²) in [5, 5.41) is 11.6. The van der Waals surface area contributed by atoms with Crippen LogP contribution in [0.3, 0.4) is 0 Å². The van der Waals surface area contributed by atoms with Gasteiger partial charge in [0.2, 0.25) is 11.7 Å². The molecule has 0 aliphatic heterocycles. The van der Waals surface area contributed by atoms with Crippen LogP contribution in [0.2, 0.25) is 0 Å². The minimum absolute atomic E-state index is 0.571. The van der Waals surface area contributed by atoms with Crippen molar-refractivity contribution in [1.82, 2.24) is 14.5 Å². The van der Waals surface area contributed by atoms with Gasteiger partial charge in [0, 0.05) is 37.2 Å². The van der Waals surface area contributed by atoms with E-state index in [-0.39, 0.29) is 0 Å². The standard InChI is InChI=1S/C48H27N3OS/c1-2-14-28(15-3-1)29-26-27-34(31-17-5-4-16-30(29)31)44-43-36-21-9-12-24-39(36)52-47(43)50-48(49-44)51-38-23-11-8-20-35(38)41-32-18-6-7-19-33(32)42-37-22-10-13-25-40(37)53-46(42)45(41)51/h1-27H. The minimum atomic E-state index is 0.571. The number of rotatable bonds is 3. The Morgan fingerprint density at radius 1 is 0.453 bits per heavy atom. The van der Waals surface area contributed by atoms with Crippen LogP contribution in [-0.2, 0) is 0 Å². The Bertz CT molecular complexity index is 3460. The molecule has 0 bridgehead atoms. The molecular weight excluding hydrogens is 667 g/mol. The summed E-state index contributed by atoms with van der Waals surface area (Å²) in [6, 6.07) is 58.1. The number of hydrogen-bond acceptors (Lipinski definition) is 4. The molecule has 246 valence electrons. The molecule has 0 atom stereocenters. The maximum atomic E-state index is 6.63. The Balaban J connectivity index is 1.26. The number of thiophene rings is 1. The third-order valence-electron chi connectivity index (χ3n) is 10.8. The van der Waals surface area contributed by atoms with Gasteiger partial charge in [-0.3, -0.25) is 4.57 Å². The van der Waals surface area contributed by atoms with Crippen molar-refractivity contribution in [2.45, 2.75) is 0 Å². The van der Waals surface area contributed by atoms with Gasteiger partial charge in [-0.2, -0.15) is 4.98 Å². The zero-order valence-corrected chi connectivity index (χ0v) is 29.1. The van der Waals surface area contributed by atoms with Gasteiger partial charge >= 0.3 is 0 Å². The molecule has 12 rings (SSSR count). The lowest BCUT2D eigenvalue weighted by Gasteiger charge is -2.14. The average molecular weight is 694 g/mol. The van der Waals surface area contributed by atoms with E-state index in [4.69, 9.17) is 14.4 Å².